The lowest BCUT2D eigenvalue weighted by molar-refractivity contribution is 0.669. The van der Waals surface area contributed by atoms with Gasteiger partial charge < -0.3 is 4.42 Å². The topological polar surface area (TPSA) is 13.1 Å². The molecule has 0 atom stereocenters. The molecule has 1 nitrogen and oxygen atoms in total. The van der Waals surface area contributed by atoms with Crippen molar-refractivity contribution in [1.29, 1.82) is 0 Å². The van der Waals surface area contributed by atoms with E-state index in [1.165, 1.54) is 0 Å². The number of hydrogen-bond donors (Lipinski definition) is 0. The molecule has 11 rings (SSSR count). The Bertz CT molecular complexity index is 3610. The zero-order valence-electron chi connectivity index (χ0n) is 36.3. The van der Waals surface area contributed by atoms with Crippen molar-refractivity contribution in [2.24, 2.45) is 0 Å². The van der Waals surface area contributed by atoms with Gasteiger partial charge in [-0.3, -0.25) is 0 Å². The van der Waals surface area contributed by atoms with Crippen molar-refractivity contribution in [1.82, 2.24) is 0 Å². The van der Waals surface area contributed by atoms with E-state index in [4.69, 9.17) is 9.90 Å². The molecule has 0 bridgehead atoms. The van der Waals surface area contributed by atoms with Crippen molar-refractivity contribution < 1.29 is 15.4 Å². The van der Waals surface area contributed by atoms with E-state index in [-0.39, 0.29) is 45.7 Å². The molecular formula is C52H32O. The Kier molecular flexibility index (Phi) is 5.07. The van der Waals surface area contributed by atoms with Crippen LogP contribution in [-0.4, -0.2) is 0 Å². The van der Waals surface area contributed by atoms with Crippen LogP contribution in [0.2, 0.25) is 0 Å². The summed E-state index contributed by atoms with van der Waals surface area (Å²) in [5, 5.41) is 6.03. The Labute approximate surface area is 318 Å². The van der Waals surface area contributed by atoms with E-state index in [0.717, 1.165) is 54.6 Å². The summed E-state index contributed by atoms with van der Waals surface area (Å²) in [6.45, 7) is 0. The van der Waals surface area contributed by atoms with Gasteiger partial charge in [-0.2, -0.15) is 0 Å². The summed E-state index contributed by atoms with van der Waals surface area (Å²) >= 11 is 0. The molecule has 0 saturated carbocycles. The molecule has 10 aromatic carbocycles. The zero-order valence-corrected chi connectivity index (χ0v) is 28.3. The van der Waals surface area contributed by atoms with E-state index in [1.807, 2.05) is 127 Å². The molecule has 0 N–H and O–H groups in total. The van der Waals surface area contributed by atoms with E-state index in [9.17, 15) is 5.48 Å². The van der Waals surface area contributed by atoms with Gasteiger partial charge in [0, 0.05) is 10.8 Å². The molecule has 0 spiro atoms. The molecule has 0 amide bonds. The van der Waals surface area contributed by atoms with E-state index in [0.29, 0.717) is 33.4 Å². The second kappa shape index (κ2) is 11.8. The highest BCUT2D eigenvalue weighted by molar-refractivity contribution is 6.25. The molecule has 1 heterocycles. The van der Waals surface area contributed by atoms with Gasteiger partial charge in [-0.25, -0.2) is 0 Å². The molecular weight excluding hydrogens is 641 g/mol. The van der Waals surface area contributed by atoms with Crippen LogP contribution in [0.5, 0.6) is 0 Å². The Morgan fingerprint density at radius 2 is 0.981 bits per heavy atom. The van der Waals surface area contributed by atoms with Crippen LogP contribution in [0.15, 0.2) is 198 Å². The molecule has 0 saturated heterocycles. The maximum absolute atomic E-state index is 9.65. The summed E-state index contributed by atoms with van der Waals surface area (Å²) in [5.74, 6) is 0. The average molecular weight is 681 g/mol. The molecule has 1 heteroatoms. The Morgan fingerprint density at radius 3 is 1.75 bits per heavy atom. The third-order valence-electron chi connectivity index (χ3n) is 10.5. The Balaban J connectivity index is 1.32. The molecule has 0 aliphatic carbocycles. The molecule has 0 radical (unpaired) electrons. The van der Waals surface area contributed by atoms with Gasteiger partial charge in [0.15, 0.2) is 0 Å². The second-order valence-electron chi connectivity index (χ2n) is 13.4. The highest BCUT2D eigenvalue weighted by Gasteiger charge is 2.22. The van der Waals surface area contributed by atoms with E-state index < -0.39 is 24.2 Å². The van der Waals surface area contributed by atoms with Crippen molar-refractivity contribution in [2.45, 2.75) is 0 Å². The fourth-order valence-corrected chi connectivity index (χ4v) is 8.14. The van der Waals surface area contributed by atoms with Crippen LogP contribution in [0.4, 0.5) is 0 Å². The smallest absolute Gasteiger partial charge is 0.136 e. The maximum Gasteiger partial charge on any atom is 0.136 e. The summed E-state index contributed by atoms with van der Waals surface area (Å²) in [7, 11) is 0. The van der Waals surface area contributed by atoms with Crippen molar-refractivity contribution in [3.63, 3.8) is 0 Å². The fraction of sp³-hybridized carbons (Fsp3) is 0. The standard InChI is InChI=1S/C52H32O/c1-2-14-34(15-3-1)39-23-12-24-47-50(39)46-30-28-37(32-48(46)53-47)41-29-27-35-16-6-7-18-40(35)51(41)52-44-21-10-8-19-42(44)49(43-20-9-11-22-45(43)52)38-26-25-33-13-4-5-17-36(33)31-38/h1-32H/i8D,9D,10D,11D,19D,20D,21D,22D. The zero-order chi connectivity index (χ0) is 41.8. The minimum Gasteiger partial charge on any atom is -0.456 e. The van der Waals surface area contributed by atoms with Gasteiger partial charge >= 0.3 is 0 Å². The van der Waals surface area contributed by atoms with Crippen molar-refractivity contribution >= 4 is 65.0 Å². The number of fused-ring (bicyclic) bond motifs is 7. The molecule has 0 aliphatic heterocycles. The minimum atomic E-state index is -0.442. The first kappa shape index (κ1) is 22.8. The van der Waals surface area contributed by atoms with E-state index >= 15 is 0 Å². The quantitative estimate of drug-likeness (QED) is 0.169. The van der Waals surface area contributed by atoms with E-state index in [2.05, 4.69) is 18.2 Å². The summed E-state index contributed by atoms with van der Waals surface area (Å²) in [6.07, 6.45) is 0. The third kappa shape index (κ3) is 4.64. The van der Waals surface area contributed by atoms with Crippen molar-refractivity contribution in [2.75, 3.05) is 0 Å². The minimum absolute atomic E-state index is 0.168. The maximum atomic E-state index is 9.65. The average Bonchev–Trinajstić information content (AvgIpc) is 3.68. The van der Waals surface area contributed by atoms with Gasteiger partial charge in [0.25, 0.3) is 0 Å². The van der Waals surface area contributed by atoms with Gasteiger partial charge in [-0.05, 0) is 112 Å². The van der Waals surface area contributed by atoms with Crippen molar-refractivity contribution in [3.8, 4) is 44.5 Å². The summed E-state index contributed by atoms with van der Waals surface area (Å²) in [4.78, 5) is 0. The van der Waals surface area contributed by atoms with Gasteiger partial charge in [0.1, 0.15) is 11.2 Å². The molecule has 0 unspecified atom stereocenters. The van der Waals surface area contributed by atoms with Crippen LogP contribution in [0.25, 0.3) is 110 Å². The first-order chi connectivity index (χ1) is 29.6. The van der Waals surface area contributed by atoms with Crippen LogP contribution in [0, 0.1) is 0 Å². The number of furan rings is 1. The lowest BCUT2D eigenvalue weighted by atomic mass is 9.82. The Morgan fingerprint density at radius 1 is 0.340 bits per heavy atom. The molecule has 0 fully saturated rings. The van der Waals surface area contributed by atoms with E-state index in [1.54, 1.807) is 0 Å². The summed E-state index contributed by atoms with van der Waals surface area (Å²) in [6, 6.07) is 44.5. The lowest BCUT2D eigenvalue weighted by Crippen LogP contribution is -1.94. The molecule has 1 aromatic heterocycles. The highest BCUT2D eigenvalue weighted by atomic mass is 16.3. The monoisotopic (exact) mass is 680 g/mol. The normalized spacial score (nSPS) is 13.9. The van der Waals surface area contributed by atoms with Crippen LogP contribution < -0.4 is 0 Å². The SMILES string of the molecule is [2H]c1c([2H])c([2H])c2c(-c3c(-c4ccc5c(c4)oc4cccc(-c6ccccc6)c45)ccc4ccccc34)c3c([2H])c([2H])c([2H])c([2H])c3c(-c3ccc4ccccc4c3)c2c1[2H]. The number of benzene rings is 10. The van der Waals surface area contributed by atoms with Gasteiger partial charge in [0.05, 0.1) is 11.0 Å². The Hall–Kier alpha value is -6.96. The van der Waals surface area contributed by atoms with Gasteiger partial charge in [0.2, 0.25) is 0 Å². The first-order valence-electron chi connectivity index (χ1n) is 21.6. The molecule has 11 aromatic rings. The third-order valence-corrected chi connectivity index (χ3v) is 10.5. The largest absolute Gasteiger partial charge is 0.456 e. The highest BCUT2D eigenvalue weighted by Crippen LogP contribution is 2.49. The van der Waals surface area contributed by atoms with Crippen LogP contribution >= 0.6 is 0 Å². The summed E-state index contributed by atoms with van der Waals surface area (Å²) in [5.41, 5.74) is 6.73. The number of rotatable bonds is 4. The number of hydrogen-bond acceptors (Lipinski definition) is 1. The van der Waals surface area contributed by atoms with Crippen LogP contribution in [0.3, 0.4) is 0 Å². The molecule has 0 aliphatic rings. The van der Waals surface area contributed by atoms with Gasteiger partial charge in [-0.15, -0.1) is 0 Å². The van der Waals surface area contributed by atoms with Crippen LogP contribution in [0.1, 0.15) is 11.0 Å². The fourth-order valence-electron chi connectivity index (χ4n) is 8.14. The molecule has 246 valence electrons. The van der Waals surface area contributed by atoms with Crippen molar-refractivity contribution in [3.05, 3.63) is 194 Å². The first-order valence-corrected chi connectivity index (χ1v) is 17.6. The predicted octanol–water partition coefficient (Wildman–Crippen LogP) is 14.9. The lowest BCUT2D eigenvalue weighted by Gasteiger charge is -2.21. The second-order valence-corrected chi connectivity index (χ2v) is 13.4. The molecule has 53 heavy (non-hydrogen) atoms. The summed E-state index contributed by atoms with van der Waals surface area (Å²) < 4.78 is 80.9. The predicted molar refractivity (Wildman–Crippen MR) is 225 cm³/mol. The van der Waals surface area contributed by atoms with Gasteiger partial charge in [-0.1, -0.05) is 170 Å². The van der Waals surface area contributed by atoms with Crippen LogP contribution in [-0.2, 0) is 0 Å².